The number of ether oxygens (including phenoxy) is 3. The monoisotopic (exact) mass is 716 g/mol. The van der Waals surface area contributed by atoms with Gasteiger partial charge in [-0.25, -0.2) is 4.79 Å². The Hall–Kier alpha value is 1.86. The van der Waals surface area contributed by atoms with Crippen molar-refractivity contribution in [2.45, 2.75) is 29.2 Å². The molecule has 0 aromatic rings. The van der Waals surface area contributed by atoms with Crippen LogP contribution in [0.25, 0.3) is 0 Å². The second-order valence-corrected chi connectivity index (χ2v) is 6.74. The van der Waals surface area contributed by atoms with Gasteiger partial charge in [0.25, 0.3) is 0 Å². The summed E-state index contributed by atoms with van der Waals surface area (Å²) in [7, 11) is 0. The molecule has 0 amide bonds. The third kappa shape index (κ3) is 47.0. The molecule has 0 bridgehead atoms. The molecule has 3 aliphatic rings. The van der Waals surface area contributed by atoms with Crippen molar-refractivity contribution in [3.05, 3.63) is 4.91 Å². The van der Waals surface area contributed by atoms with Gasteiger partial charge >= 0.3 is 172 Å². The molecule has 39 heavy (non-hydrogen) atoms. The minimum Gasteiger partial charge on any atom is -0.870 e. The first-order chi connectivity index (χ1) is 16.2. The van der Waals surface area contributed by atoms with Crippen LogP contribution < -0.4 is 170 Å². The van der Waals surface area contributed by atoms with Gasteiger partial charge in [0.2, 0.25) is 0 Å². The Balaban J connectivity index is -0.0000000625. The molecule has 3 aliphatic heterocycles. The van der Waals surface area contributed by atoms with E-state index < -0.39 is 65.6 Å². The van der Waals surface area contributed by atoms with Crippen LogP contribution in [0.2, 0.25) is 0 Å². The molecule has 0 spiro atoms. The number of aliphatic hydroxyl groups excluding tert-OH is 2. The molecule has 3 saturated heterocycles. The summed E-state index contributed by atoms with van der Waals surface area (Å²) < 4.78 is 13.0. The van der Waals surface area contributed by atoms with Gasteiger partial charge in [0.05, 0.1) is 45.0 Å². The van der Waals surface area contributed by atoms with Crippen LogP contribution in [-0.2, 0) is 38.2 Å². The second-order valence-electron chi connectivity index (χ2n) is 5.64. The number of carbonyl (C=O) groups excluding carboxylic acids is 2. The van der Waals surface area contributed by atoms with E-state index in [0.717, 1.165) is 0 Å². The largest absolute Gasteiger partial charge is 1.00 e. The van der Waals surface area contributed by atoms with Gasteiger partial charge in [0.15, 0.2) is 11.4 Å². The predicted molar refractivity (Wildman–Crippen MR) is 107 cm³/mol. The van der Waals surface area contributed by atoms with E-state index in [0.29, 0.717) is 19.8 Å². The molecule has 20 nitrogen and oxygen atoms in total. The molecule has 0 unspecified atom stereocenters. The Morgan fingerprint density at radius 3 is 1.10 bits per heavy atom. The van der Waals surface area contributed by atoms with Gasteiger partial charge < -0.3 is 76.0 Å². The summed E-state index contributed by atoms with van der Waals surface area (Å²) in [5.74, 6) is -5.27. The van der Waals surface area contributed by atoms with E-state index in [1.807, 2.05) is 0 Å². The summed E-state index contributed by atoms with van der Waals surface area (Å²) in [5, 5.41) is 66.8. The van der Waals surface area contributed by atoms with Crippen molar-refractivity contribution in [2.75, 3.05) is 33.0 Å². The number of rotatable bonds is 7. The van der Waals surface area contributed by atoms with Crippen LogP contribution >= 0.6 is 15.9 Å². The number of carboxylic acids is 5. The minimum atomic E-state index is -1.18. The van der Waals surface area contributed by atoms with Crippen molar-refractivity contribution in [3.63, 3.8) is 0 Å². The van der Waals surface area contributed by atoms with Crippen molar-refractivity contribution in [1.82, 2.24) is 0 Å². The summed E-state index contributed by atoms with van der Waals surface area (Å²) in [4.78, 5) is 55.4. The molecule has 0 radical (unpaired) electrons. The zero-order chi connectivity index (χ0) is 28.1. The first-order valence-electron chi connectivity index (χ1n) is 8.72. The van der Waals surface area contributed by atoms with Crippen LogP contribution in [0.3, 0.4) is 0 Å². The summed E-state index contributed by atoms with van der Waals surface area (Å²) >= 11 is 2.69. The maximum absolute atomic E-state index is 9.72. The number of hydrogen-bond donors (Lipinski definition) is 7. The third-order valence-electron chi connectivity index (χ3n) is 2.74. The van der Waals surface area contributed by atoms with E-state index >= 15 is 0 Å². The quantitative estimate of drug-likeness (QED) is 0.0422. The van der Waals surface area contributed by atoms with Gasteiger partial charge in [0.1, 0.15) is 23.1 Å². The number of carbonyl (C=O) groups is 5. The number of aliphatic hydroxyl groups is 2. The number of nitrogens with zero attached hydrogens (tertiary/aromatic N) is 1. The predicted octanol–water partition coefficient (Wildman–Crippen LogP) is -15.1. The summed E-state index contributed by atoms with van der Waals surface area (Å²) in [6, 6.07) is -1.13. The molecule has 0 aromatic carbocycles. The first kappa shape index (κ1) is 56.6. The average molecular weight is 718 g/mol. The molecule has 212 valence electrons. The van der Waals surface area contributed by atoms with Gasteiger partial charge in [-0.1, -0.05) is 15.9 Å². The van der Waals surface area contributed by atoms with Gasteiger partial charge in [0, 0.05) is 0 Å². The number of hydrogen-bond acceptors (Lipinski definition) is 16. The minimum absolute atomic E-state index is 0. The van der Waals surface area contributed by atoms with Crippen molar-refractivity contribution in [1.29, 1.82) is 0 Å². The van der Waals surface area contributed by atoms with Gasteiger partial charge in [-0.05, 0) is 0 Å². The van der Waals surface area contributed by atoms with E-state index in [1.54, 1.807) is 0 Å². The molecule has 0 aliphatic carbocycles. The van der Waals surface area contributed by atoms with E-state index in [2.05, 4.69) is 30.1 Å². The fraction of sp³-hybridized carbons (Fsp3) is 0.667. The number of alkyl halides is 1. The molecule has 24 heteroatoms. The summed E-state index contributed by atoms with van der Waals surface area (Å²) in [6.45, 7) is 0.199. The molecule has 0 aromatic heterocycles. The van der Waals surface area contributed by atoms with Crippen molar-refractivity contribution in [3.8, 4) is 0 Å². The second kappa shape index (κ2) is 36.1. The standard InChI is InChI=1S/C3H5BrO3.C3H7NO3.3C3H4O3.3K.HNO2.H2O/c2*4-2(1-5)3(6)7;3*4-3(5)2-1-6-2;;;;2-1-3;/h2,5H,1H2,(H,6,7);2,5H,1,4H2,(H,6,7);3*2H,1H2,(H,4,5);;;;(H,2,3);1H2/q;;;;;3*+1;;/p-3/t5*2-;;;;;/m00111...../s1. The Morgan fingerprint density at radius 2 is 1.10 bits per heavy atom. The van der Waals surface area contributed by atoms with Crippen LogP contribution in [0.5, 0.6) is 0 Å². The maximum atomic E-state index is 9.72. The molecule has 9 N–H and O–H groups in total. The van der Waals surface area contributed by atoms with E-state index in [4.69, 9.17) is 41.4 Å². The Labute approximate surface area is 355 Å². The molecular formula is C15H24BrK3N2O18. The number of nitrogens with two attached hydrogens (primary N) is 1. The third-order valence-corrected chi connectivity index (χ3v) is 3.42. The molecule has 3 heterocycles. The fourth-order valence-electron chi connectivity index (χ4n) is 0.715. The van der Waals surface area contributed by atoms with Crippen LogP contribution in [-0.4, -0.2) is 128 Å². The Kier molecular flexibility index (Phi) is 52.3. The smallest absolute Gasteiger partial charge is 0.870 e. The van der Waals surface area contributed by atoms with Gasteiger partial charge in [-0.2, -0.15) is 0 Å². The van der Waals surface area contributed by atoms with Crippen molar-refractivity contribution >= 4 is 45.8 Å². The Morgan fingerprint density at radius 1 is 0.821 bits per heavy atom. The van der Waals surface area contributed by atoms with Gasteiger partial charge in [-0.15, -0.1) is 4.91 Å². The summed E-state index contributed by atoms with van der Waals surface area (Å²) in [5.41, 5.74) is 4.77. The van der Waals surface area contributed by atoms with E-state index in [-0.39, 0.29) is 166 Å². The van der Waals surface area contributed by atoms with Gasteiger partial charge in [-0.3, -0.25) is 9.59 Å². The number of carboxylic acid groups (broad SMARTS) is 5. The number of aliphatic carboxylic acids is 5. The number of epoxide rings is 3. The molecule has 5 atom stereocenters. The van der Waals surface area contributed by atoms with Crippen LogP contribution in [0.15, 0.2) is 5.34 Å². The summed E-state index contributed by atoms with van der Waals surface area (Å²) in [6.07, 6.45) is -1.67. The maximum Gasteiger partial charge on any atom is 1.00 e. The molecule has 3 rings (SSSR count). The zero-order valence-corrected chi connectivity index (χ0v) is 31.9. The Bertz CT molecular complexity index is 610. The SMILES string of the molecule is N[C@@H](CO)C(=O)O.O=C(O)[C@@H](Br)CO.O=C(O)[C@H]1CO1.O=C([O-])[C@H]1CO1.O=C([O-])[C@H]1CO1.O=NO.[K+].[K+].[K+].[OH-]. The van der Waals surface area contributed by atoms with E-state index in [9.17, 15) is 34.2 Å². The van der Waals surface area contributed by atoms with Crippen LogP contribution in [0, 0.1) is 4.91 Å². The topological polar surface area (TPSA) is 376 Å². The molecule has 0 saturated carbocycles. The van der Waals surface area contributed by atoms with E-state index in [1.165, 1.54) is 5.34 Å². The van der Waals surface area contributed by atoms with Crippen LogP contribution in [0.1, 0.15) is 0 Å². The van der Waals surface area contributed by atoms with Crippen molar-refractivity contribution < 1.29 is 239 Å². The molecule has 3 fully saturated rings. The number of halogens is 1. The van der Waals surface area contributed by atoms with Crippen molar-refractivity contribution in [2.24, 2.45) is 11.1 Å². The molecular weight excluding hydrogens is 693 g/mol. The van der Waals surface area contributed by atoms with Crippen LogP contribution in [0.4, 0.5) is 0 Å². The normalized spacial score (nSPS) is 18.8. The zero-order valence-electron chi connectivity index (χ0n) is 20.9. The average Bonchev–Trinajstić information content (AvgIpc) is 3.61. The fourth-order valence-corrected chi connectivity index (χ4v) is 0.715. The first-order valence-corrected chi connectivity index (χ1v) is 9.64.